The number of benzene rings is 1. The lowest BCUT2D eigenvalue weighted by atomic mass is 9.65. The molecule has 0 radical (unpaired) electrons. The highest BCUT2D eigenvalue weighted by Crippen LogP contribution is 2.49. The Morgan fingerprint density at radius 1 is 0.778 bits per heavy atom. The summed E-state index contributed by atoms with van der Waals surface area (Å²) in [7, 11) is 0. The topological polar surface area (TPSA) is 0 Å². The minimum atomic E-state index is 0.645. The van der Waals surface area contributed by atoms with E-state index in [4.69, 9.17) is 0 Å². The van der Waals surface area contributed by atoms with Crippen LogP contribution in [0.2, 0.25) is 0 Å². The number of rotatable bonds is 21. The minimum Gasteiger partial charge on any atom is -0.0770 e. The maximum absolute atomic E-state index is 2.64. The normalized spacial score (nSPS) is 20.7. The summed E-state index contributed by atoms with van der Waals surface area (Å²) in [5, 5.41) is 0. The highest BCUT2D eigenvalue weighted by atomic mass is 14.4. The van der Waals surface area contributed by atoms with Gasteiger partial charge in [-0.2, -0.15) is 0 Å². The fourth-order valence-corrected chi connectivity index (χ4v) is 7.53. The molecule has 1 aromatic carbocycles. The fourth-order valence-electron chi connectivity index (χ4n) is 7.53. The molecule has 2 saturated carbocycles. The summed E-state index contributed by atoms with van der Waals surface area (Å²) in [5.41, 5.74) is 12.0. The van der Waals surface area contributed by atoms with Crippen LogP contribution < -0.4 is 0 Å². The molecule has 0 spiro atoms. The molecule has 0 nitrogen and oxygen atoms in total. The Balaban J connectivity index is 1.64. The van der Waals surface area contributed by atoms with E-state index in [2.05, 4.69) is 91.8 Å². The van der Waals surface area contributed by atoms with Crippen LogP contribution in [0.5, 0.6) is 0 Å². The van der Waals surface area contributed by atoms with Crippen molar-refractivity contribution in [2.45, 2.75) is 189 Å². The van der Waals surface area contributed by atoms with Gasteiger partial charge >= 0.3 is 0 Å². The molecule has 0 aromatic heterocycles. The van der Waals surface area contributed by atoms with Crippen molar-refractivity contribution in [3.63, 3.8) is 0 Å². The van der Waals surface area contributed by atoms with Crippen LogP contribution >= 0.6 is 0 Å². The second kappa shape index (κ2) is 20.4. The summed E-state index contributed by atoms with van der Waals surface area (Å²) in [6.07, 6.45) is 36.1. The first-order valence-corrected chi connectivity index (χ1v) is 19.7. The first kappa shape index (κ1) is 37.6. The van der Waals surface area contributed by atoms with Gasteiger partial charge < -0.3 is 0 Å². The van der Waals surface area contributed by atoms with Gasteiger partial charge in [0, 0.05) is 0 Å². The summed E-state index contributed by atoms with van der Waals surface area (Å²) in [6, 6.07) is 5.26. The Labute approximate surface area is 281 Å². The maximum atomic E-state index is 2.64. The molecule has 0 aliphatic heterocycles. The van der Waals surface area contributed by atoms with Gasteiger partial charge in [-0.25, -0.2) is 0 Å². The third-order valence-electron chi connectivity index (χ3n) is 11.5. The zero-order valence-electron chi connectivity index (χ0n) is 31.2. The van der Waals surface area contributed by atoms with Gasteiger partial charge in [-0.15, -0.1) is 0 Å². The monoisotopic (exact) mass is 613 g/mol. The molecular weight excluding hydrogens is 540 g/mol. The van der Waals surface area contributed by atoms with E-state index >= 15 is 0 Å². The van der Waals surface area contributed by atoms with Crippen LogP contribution in [0.1, 0.15) is 205 Å². The average molecular weight is 613 g/mol. The Kier molecular flexibility index (Phi) is 17.1. The number of hydrogen-bond donors (Lipinski definition) is 0. The van der Waals surface area contributed by atoms with Crippen LogP contribution in [-0.4, -0.2) is 0 Å². The van der Waals surface area contributed by atoms with Crippen molar-refractivity contribution in [3.8, 4) is 0 Å². The molecule has 0 heterocycles. The highest BCUT2D eigenvalue weighted by molar-refractivity contribution is 5.72. The summed E-state index contributed by atoms with van der Waals surface area (Å²) in [6.45, 7) is 18.5. The van der Waals surface area contributed by atoms with Gasteiger partial charge in [0.05, 0.1) is 0 Å². The van der Waals surface area contributed by atoms with E-state index in [9.17, 15) is 0 Å². The largest absolute Gasteiger partial charge is 0.0770 e. The Morgan fingerprint density at radius 2 is 1.40 bits per heavy atom. The lowest BCUT2D eigenvalue weighted by molar-refractivity contribution is 0.238. The van der Waals surface area contributed by atoms with Crippen LogP contribution in [-0.2, 0) is 0 Å². The van der Waals surface area contributed by atoms with E-state index in [-0.39, 0.29) is 0 Å². The number of aryl methyl sites for hydroxylation is 1. The zero-order valence-corrected chi connectivity index (χ0v) is 31.2. The van der Waals surface area contributed by atoms with Crippen molar-refractivity contribution in [2.75, 3.05) is 0 Å². The highest BCUT2D eigenvalue weighted by Gasteiger charge is 2.34. The molecule has 45 heavy (non-hydrogen) atoms. The third kappa shape index (κ3) is 12.0. The quantitative estimate of drug-likeness (QED) is 0.0957. The predicted molar refractivity (Wildman–Crippen MR) is 203 cm³/mol. The van der Waals surface area contributed by atoms with Crippen LogP contribution in [0.4, 0.5) is 0 Å². The van der Waals surface area contributed by atoms with Gasteiger partial charge in [-0.05, 0) is 129 Å². The lowest BCUT2D eigenvalue weighted by Gasteiger charge is -2.40. The van der Waals surface area contributed by atoms with Crippen LogP contribution in [0, 0.1) is 18.8 Å². The molecule has 1 atom stereocenters. The Hall–Kier alpha value is -1.82. The summed E-state index contributed by atoms with van der Waals surface area (Å²) in [4.78, 5) is 0. The van der Waals surface area contributed by atoms with Crippen LogP contribution in [0.25, 0.3) is 5.57 Å². The average Bonchev–Trinajstić information content (AvgIpc) is 2.98. The summed E-state index contributed by atoms with van der Waals surface area (Å²) >= 11 is 0. The maximum Gasteiger partial charge on any atom is -0.0154 e. The first-order chi connectivity index (χ1) is 21.8. The Morgan fingerprint density at radius 3 is 1.98 bits per heavy atom. The Bertz CT molecular complexity index is 1130. The summed E-state index contributed by atoms with van der Waals surface area (Å²) in [5.74, 6) is 3.21. The van der Waals surface area contributed by atoms with Gasteiger partial charge in [-0.3, -0.25) is 0 Å². The molecule has 2 fully saturated rings. The van der Waals surface area contributed by atoms with Gasteiger partial charge in [0.25, 0.3) is 0 Å². The standard InChI is InChI=1S/C45H72/c1-9-12-14-15-16-17-18-19-20-21-23-39-31-42(32-39)44-30-38(8)43(33-45(44)40-25-22-26-40)37(7)29-41(24-13-10-2)36(6)28-27-35(5)34(4)11-3/h24,27-30,33-34,39-40,42H,9-23,25-26,31-32H2,1-8H3/b35-27-,36-28+,37-29-,41-24-. The van der Waals surface area contributed by atoms with Gasteiger partial charge in [-0.1, -0.05) is 153 Å². The molecule has 2 aliphatic rings. The number of unbranched alkanes of at least 4 members (excludes halogenated alkanes) is 10. The molecule has 252 valence electrons. The van der Waals surface area contributed by atoms with Crippen molar-refractivity contribution in [2.24, 2.45) is 11.8 Å². The molecule has 0 N–H and O–H groups in total. The molecule has 3 rings (SSSR count). The minimum absolute atomic E-state index is 0.645. The molecule has 0 heteroatoms. The van der Waals surface area contributed by atoms with Crippen molar-refractivity contribution in [3.05, 3.63) is 75.4 Å². The van der Waals surface area contributed by atoms with E-state index in [1.165, 1.54) is 149 Å². The van der Waals surface area contributed by atoms with Crippen LogP contribution in [0.15, 0.2) is 53.2 Å². The lowest BCUT2D eigenvalue weighted by Crippen LogP contribution is -2.24. The third-order valence-corrected chi connectivity index (χ3v) is 11.5. The van der Waals surface area contributed by atoms with Crippen molar-refractivity contribution < 1.29 is 0 Å². The second-order valence-corrected chi connectivity index (χ2v) is 15.3. The molecule has 0 saturated heterocycles. The van der Waals surface area contributed by atoms with E-state index in [1.54, 1.807) is 11.1 Å². The smallest absolute Gasteiger partial charge is 0.0154 e. The molecule has 0 bridgehead atoms. The summed E-state index contributed by atoms with van der Waals surface area (Å²) < 4.78 is 0. The molecule has 0 amide bonds. The molecule has 1 unspecified atom stereocenters. The van der Waals surface area contributed by atoms with E-state index in [1.807, 2.05) is 0 Å². The van der Waals surface area contributed by atoms with Crippen molar-refractivity contribution >= 4 is 5.57 Å². The second-order valence-electron chi connectivity index (χ2n) is 15.3. The van der Waals surface area contributed by atoms with Gasteiger partial charge in [0.15, 0.2) is 0 Å². The first-order valence-electron chi connectivity index (χ1n) is 19.7. The SMILES string of the molecule is CCC/C=C(/C=C(/C)c1cc(C2CCC2)c(C2CC(CCCCCCCCCCCC)C2)cc1C)C(\C)=C\C=C(\C)C(C)CC. The van der Waals surface area contributed by atoms with Crippen molar-refractivity contribution in [1.29, 1.82) is 0 Å². The van der Waals surface area contributed by atoms with E-state index < -0.39 is 0 Å². The van der Waals surface area contributed by atoms with Crippen molar-refractivity contribution in [1.82, 2.24) is 0 Å². The zero-order chi connectivity index (χ0) is 32.6. The van der Waals surface area contributed by atoms with E-state index in [0.717, 1.165) is 24.2 Å². The predicted octanol–water partition coefficient (Wildman–Crippen LogP) is 15.1. The van der Waals surface area contributed by atoms with Gasteiger partial charge in [0.1, 0.15) is 0 Å². The number of hydrogen-bond acceptors (Lipinski definition) is 0. The molecule has 2 aliphatic carbocycles. The number of allylic oxidation sites excluding steroid dienone is 8. The molecular formula is C45H72. The fraction of sp³-hybridized carbons (Fsp3) is 0.689. The molecule has 1 aromatic rings. The van der Waals surface area contributed by atoms with E-state index in [0.29, 0.717) is 5.92 Å². The van der Waals surface area contributed by atoms with Crippen LogP contribution in [0.3, 0.4) is 0 Å². The van der Waals surface area contributed by atoms with Gasteiger partial charge in [0.2, 0.25) is 0 Å².